The standard InChI is InChI=1S/C12H12N4O/c1-8-10(13-4-9-2-3-17-6-9)5-14-12-11(8)15-7-16-12/h2-3,5-7,13H,4H2,1H3,(H,14,15,16). The molecule has 5 heteroatoms. The van der Waals surface area contributed by atoms with Gasteiger partial charge in [0.1, 0.15) is 0 Å². The molecule has 86 valence electrons. The van der Waals surface area contributed by atoms with Crippen molar-refractivity contribution in [3.8, 4) is 0 Å². The van der Waals surface area contributed by atoms with Gasteiger partial charge in [0.25, 0.3) is 0 Å². The van der Waals surface area contributed by atoms with Gasteiger partial charge in [0.2, 0.25) is 0 Å². The summed E-state index contributed by atoms with van der Waals surface area (Å²) in [7, 11) is 0. The van der Waals surface area contributed by atoms with E-state index in [-0.39, 0.29) is 0 Å². The number of imidazole rings is 1. The summed E-state index contributed by atoms with van der Waals surface area (Å²) in [5.74, 6) is 0. The van der Waals surface area contributed by atoms with Crippen molar-refractivity contribution in [2.75, 3.05) is 5.32 Å². The van der Waals surface area contributed by atoms with E-state index in [4.69, 9.17) is 4.42 Å². The first-order valence-corrected chi connectivity index (χ1v) is 5.38. The minimum absolute atomic E-state index is 0.721. The Morgan fingerprint density at radius 1 is 1.41 bits per heavy atom. The Hall–Kier alpha value is -2.30. The molecule has 3 rings (SSSR count). The fraction of sp³-hybridized carbons (Fsp3) is 0.167. The molecule has 0 aliphatic heterocycles. The maximum Gasteiger partial charge on any atom is 0.177 e. The van der Waals surface area contributed by atoms with Crippen LogP contribution in [-0.2, 0) is 6.54 Å². The van der Waals surface area contributed by atoms with Crippen molar-refractivity contribution in [3.05, 3.63) is 42.2 Å². The molecule has 0 radical (unpaired) electrons. The van der Waals surface area contributed by atoms with Gasteiger partial charge >= 0.3 is 0 Å². The van der Waals surface area contributed by atoms with E-state index in [1.165, 1.54) is 0 Å². The minimum atomic E-state index is 0.721. The molecule has 5 nitrogen and oxygen atoms in total. The molecule has 2 N–H and O–H groups in total. The van der Waals surface area contributed by atoms with E-state index in [1.807, 2.05) is 13.0 Å². The molecule has 0 saturated carbocycles. The SMILES string of the molecule is Cc1c(NCc2ccoc2)cnc2nc[nH]c12. The molecule has 0 bridgehead atoms. The molecule has 0 amide bonds. The highest BCUT2D eigenvalue weighted by Gasteiger charge is 2.06. The van der Waals surface area contributed by atoms with Crippen molar-refractivity contribution >= 4 is 16.9 Å². The maximum absolute atomic E-state index is 5.02. The molecule has 3 heterocycles. The first-order chi connectivity index (χ1) is 8.34. The van der Waals surface area contributed by atoms with Gasteiger partial charge in [-0.2, -0.15) is 0 Å². The van der Waals surface area contributed by atoms with Crippen LogP contribution in [0.2, 0.25) is 0 Å². The van der Waals surface area contributed by atoms with Gasteiger partial charge in [-0.05, 0) is 13.0 Å². The van der Waals surface area contributed by atoms with E-state index < -0.39 is 0 Å². The third-order valence-corrected chi connectivity index (χ3v) is 2.78. The lowest BCUT2D eigenvalue weighted by Crippen LogP contribution is -2.01. The summed E-state index contributed by atoms with van der Waals surface area (Å²) in [4.78, 5) is 11.5. The van der Waals surface area contributed by atoms with Gasteiger partial charge in [-0.25, -0.2) is 9.97 Å². The van der Waals surface area contributed by atoms with E-state index in [9.17, 15) is 0 Å². The normalized spacial score (nSPS) is 10.9. The summed E-state index contributed by atoms with van der Waals surface area (Å²) in [6.45, 7) is 2.76. The zero-order valence-electron chi connectivity index (χ0n) is 9.40. The molecule has 0 unspecified atom stereocenters. The second kappa shape index (κ2) is 3.93. The quantitative estimate of drug-likeness (QED) is 0.722. The Morgan fingerprint density at radius 3 is 3.18 bits per heavy atom. The fourth-order valence-corrected chi connectivity index (χ4v) is 1.79. The van der Waals surface area contributed by atoms with Gasteiger partial charge in [0, 0.05) is 17.7 Å². The molecule has 0 aromatic carbocycles. The summed E-state index contributed by atoms with van der Waals surface area (Å²) in [5, 5.41) is 3.33. The number of fused-ring (bicyclic) bond motifs is 1. The van der Waals surface area contributed by atoms with E-state index in [0.29, 0.717) is 0 Å². The molecule has 0 aliphatic carbocycles. The predicted octanol–water partition coefficient (Wildman–Crippen LogP) is 2.47. The number of anilines is 1. The third kappa shape index (κ3) is 1.75. The number of pyridine rings is 1. The molecule has 0 fully saturated rings. The zero-order valence-corrected chi connectivity index (χ0v) is 9.40. The molecule has 0 atom stereocenters. The molecule has 17 heavy (non-hydrogen) atoms. The Morgan fingerprint density at radius 2 is 2.35 bits per heavy atom. The van der Waals surface area contributed by atoms with Gasteiger partial charge < -0.3 is 14.7 Å². The number of rotatable bonds is 3. The van der Waals surface area contributed by atoms with Crippen LogP contribution in [-0.4, -0.2) is 15.0 Å². The molecular formula is C12H12N4O. The largest absolute Gasteiger partial charge is 0.472 e. The van der Waals surface area contributed by atoms with Crippen LogP contribution in [0.15, 0.2) is 35.5 Å². The van der Waals surface area contributed by atoms with E-state index in [0.717, 1.165) is 34.5 Å². The van der Waals surface area contributed by atoms with Crippen LogP contribution in [0.4, 0.5) is 5.69 Å². The number of H-pyrrole nitrogens is 1. The Balaban J connectivity index is 1.87. The highest BCUT2D eigenvalue weighted by Crippen LogP contribution is 2.21. The van der Waals surface area contributed by atoms with Gasteiger partial charge in [0.05, 0.1) is 36.3 Å². The van der Waals surface area contributed by atoms with Crippen LogP contribution in [0.1, 0.15) is 11.1 Å². The highest BCUT2D eigenvalue weighted by atomic mass is 16.3. The smallest absolute Gasteiger partial charge is 0.177 e. The second-order valence-electron chi connectivity index (χ2n) is 3.88. The Labute approximate surface area is 97.9 Å². The van der Waals surface area contributed by atoms with Crippen molar-refractivity contribution in [3.63, 3.8) is 0 Å². The number of furan rings is 1. The first-order valence-electron chi connectivity index (χ1n) is 5.38. The molecule has 0 spiro atoms. The third-order valence-electron chi connectivity index (χ3n) is 2.78. The average molecular weight is 228 g/mol. The van der Waals surface area contributed by atoms with Gasteiger partial charge in [-0.1, -0.05) is 0 Å². The maximum atomic E-state index is 5.02. The molecule has 0 aliphatic rings. The highest BCUT2D eigenvalue weighted by molar-refractivity contribution is 5.79. The number of nitrogens with one attached hydrogen (secondary N) is 2. The number of nitrogens with zero attached hydrogens (tertiary/aromatic N) is 2. The van der Waals surface area contributed by atoms with Crippen LogP contribution in [0.3, 0.4) is 0 Å². The van der Waals surface area contributed by atoms with Gasteiger partial charge in [-0.3, -0.25) is 0 Å². The number of hydrogen-bond acceptors (Lipinski definition) is 4. The average Bonchev–Trinajstić information content (AvgIpc) is 2.99. The van der Waals surface area contributed by atoms with Crippen molar-refractivity contribution in [1.82, 2.24) is 15.0 Å². The monoisotopic (exact) mass is 228 g/mol. The molecular weight excluding hydrogens is 216 g/mol. The topological polar surface area (TPSA) is 66.7 Å². The van der Waals surface area contributed by atoms with Crippen molar-refractivity contribution < 1.29 is 4.42 Å². The molecule has 3 aromatic heterocycles. The number of hydrogen-bond donors (Lipinski definition) is 2. The summed E-state index contributed by atoms with van der Waals surface area (Å²) < 4.78 is 5.02. The van der Waals surface area contributed by atoms with Gasteiger partial charge in [-0.15, -0.1) is 0 Å². The summed E-state index contributed by atoms with van der Waals surface area (Å²) in [6.07, 6.45) is 6.85. The Kier molecular flexibility index (Phi) is 2.29. The van der Waals surface area contributed by atoms with Crippen LogP contribution in [0.5, 0.6) is 0 Å². The zero-order chi connectivity index (χ0) is 11.7. The molecule has 0 saturated heterocycles. The number of aromatic amines is 1. The van der Waals surface area contributed by atoms with Crippen molar-refractivity contribution in [2.45, 2.75) is 13.5 Å². The number of aromatic nitrogens is 3. The molecule has 3 aromatic rings. The van der Waals surface area contributed by atoms with Crippen molar-refractivity contribution in [1.29, 1.82) is 0 Å². The predicted molar refractivity (Wildman–Crippen MR) is 64.7 cm³/mol. The van der Waals surface area contributed by atoms with Crippen LogP contribution >= 0.6 is 0 Å². The Bertz CT molecular complexity index is 627. The van der Waals surface area contributed by atoms with Gasteiger partial charge in [0.15, 0.2) is 5.65 Å². The lowest BCUT2D eigenvalue weighted by molar-refractivity contribution is 0.564. The number of aryl methyl sites for hydroxylation is 1. The van der Waals surface area contributed by atoms with Crippen LogP contribution < -0.4 is 5.32 Å². The van der Waals surface area contributed by atoms with E-state index >= 15 is 0 Å². The van der Waals surface area contributed by atoms with Crippen LogP contribution in [0.25, 0.3) is 11.2 Å². The minimum Gasteiger partial charge on any atom is -0.472 e. The van der Waals surface area contributed by atoms with E-state index in [2.05, 4.69) is 20.3 Å². The summed E-state index contributed by atoms with van der Waals surface area (Å²) >= 11 is 0. The first kappa shape index (κ1) is 9.89. The van der Waals surface area contributed by atoms with Crippen LogP contribution in [0, 0.1) is 6.92 Å². The fourth-order valence-electron chi connectivity index (χ4n) is 1.79. The summed E-state index contributed by atoms with van der Waals surface area (Å²) in [5.41, 5.74) is 4.95. The van der Waals surface area contributed by atoms with Crippen molar-refractivity contribution in [2.24, 2.45) is 0 Å². The lowest BCUT2D eigenvalue weighted by Gasteiger charge is -2.08. The lowest BCUT2D eigenvalue weighted by atomic mass is 10.2. The summed E-state index contributed by atoms with van der Waals surface area (Å²) in [6, 6.07) is 1.94. The van der Waals surface area contributed by atoms with E-state index in [1.54, 1.807) is 25.1 Å². The second-order valence-corrected chi connectivity index (χ2v) is 3.88.